The molecule has 4 aliphatic rings. The zero-order valence-electron chi connectivity index (χ0n) is 13.9. The number of rotatable bonds is 1. The van der Waals surface area contributed by atoms with Gasteiger partial charge in [0.1, 0.15) is 17.7 Å². The van der Waals surface area contributed by atoms with Gasteiger partial charge in [-0.2, -0.15) is 0 Å². The Hall–Kier alpha value is -1.45. The molecule has 0 heterocycles. The minimum absolute atomic E-state index is 0.0312. The van der Waals surface area contributed by atoms with Gasteiger partial charge in [-0.05, 0) is 44.4 Å². The summed E-state index contributed by atoms with van der Waals surface area (Å²) in [5, 5.41) is 0. The van der Waals surface area contributed by atoms with Crippen LogP contribution in [0.1, 0.15) is 58.8 Å². The second-order valence-corrected chi connectivity index (χ2v) is 7.97. The number of carbonyl (C=O) groups is 3. The van der Waals surface area contributed by atoms with Crippen LogP contribution in [0.5, 0.6) is 0 Å². The van der Waals surface area contributed by atoms with Crippen LogP contribution in [0.4, 0.5) is 0 Å². The number of Topliss-reactive ketones (excluding diaryl/α,β-unsaturated/α-hetero) is 2. The zero-order valence-corrected chi connectivity index (χ0v) is 13.9. The summed E-state index contributed by atoms with van der Waals surface area (Å²) in [5.74, 6) is 0.506. The summed E-state index contributed by atoms with van der Waals surface area (Å²) in [6.45, 7) is 3.51. The number of allylic oxidation sites excluding steroid dienone is 2. The highest BCUT2D eigenvalue weighted by Crippen LogP contribution is 2.59. The Kier molecular flexibility index (Phi) is 3.30. The quantitative estimate of drug-likeness (QED) is 0.551. The Labute approximate surface area is 136 Å². The summed E-state index contributed by atoms with van der Waals surface area (Å²) in [6.07, 6.45) is 5.52. The van der Waals surface area contributed by atoms with Gasteiger partial charge in [0.15, 0.2) is 0 Å². The molecule has 0 radical (unpaired) electrons. The van der Waals surface area contributed by atoms with Crippen LogP contribution in [-0.4, -0.2) is 23.6 Å². The van der Waals surface area contributed by atoms with Crippen molar-refractivity contribution in [3.05, 3.63) is 11.1 Å². The minimum atomic E-state index is -0.285. The summed E-state index contributed by atoms with van der Waals surface area (Å²) in [7, 11) is 0. The van der Waals surface area contributed by atoms with Gasteiger partial charge in [0.25, 0.3) is 0 Å². The predicted molar refractivity (Wildman–Crippen MR) is 83.5 cm³/mol. The molecule has 4 nitrogen and oxygen atoms in total. The Bertz CT molecular complexity index is 631. The van der Waals surface area contributed by atoms with Crippen molar-refractivity contribution >= 4 is 17.5 Å². The monoisotopic (exact) mass is 316 g/mol. The number of fused-ring (bicyclic) bond motifs is 4. The van der Waals surface area contributed by atoms with Crippen molar-refractivity contribution in [1.29, 1.82) is 0 Å². The first-order valence-corrected chi connectivity index (χ1v) is 8.88. The second kappa shape index (κ2) is 5.02. The highest BCUT2D eigenvalue weighted by molar-refractivity contribution is 5.96. The van der Waals surface area contributed by atoms with Gasteiger partial charge in [0.2, 0.25) is 0 Å². The van der Waals surface area contributed by atoms with Gasteiger partial charge in [-0.1, -0.05) is 18.1 Å². The lowest BCUT2D eigenvalue weighted by Gasteiger charge is -2.40. The van der Waals surface area contributed by atoms with E-state index >= 15 is 0 Å². The van der Waals surface area contributed by atoms with E-state index in [1.165, 1.54) is 18.1 Å². The molecule has 0 aromatic rings. The van der Waals surface area contributed by atoms with Crippen molar-refractivity contribution in [3.8, 4) is 0 Å². The van der Waals surface area contributed by atoms with E-state index in [9.17, 15) is 14.4 Å². The van der Waals surface area contributed by atoms with Crippen LogP contribution < -0.4 is 0 Å². The molecule has 0 aromatic carbocycles. The molecule has 0 spiro atoms. The highest BCUT2D eigenvalue weighted by Gasteiger charge is 2.58. The van der Waals surface area contributed by atoms with Crippen molar-refractivity contribution in [2.24, 2.45) is 23.2 Å². The topological polar surface area (TPSA) is 60.4 Å². The third-order valence-corrected chi connectivity index (χ3v) is 6.88. The van der Waals surface area contributed by atoms with E-state index in [1.807, 2.05) is 0 Å². The van der Waals surface area contributed by atoms with Gasteiger partial charge in [-0.15, -0.1) is 0 Å². The van der Waals surface area contributed by atoms with Crippen LogP contribution >= 0.6 is 0 Å². The molecule has 5 unspecified atom stereocenters. The molecular formula is C19H24O4. The summed E-state index contributed by atoms with van der Waals surface area (Å²) >= 11 is 0. The zero-order chi connectivity index (χ0) is 16.4. The molecule has 4 aliphatic carbocycles. The largest absolute Gasteiger partial charge is 0.463 e. The molecule has 0 bridgehead atoms. The molecule has 0 aliphatic heterocycles. The first kappa shape index (κ1) is 15.1. The standard InChI is InChI=1S/C19H24O4/c1-10(20)23-11-3-4-12-13-7-8-19(2)15(5-6-16(19)21)17(13)18(22)14(12)9-11/h11,14-15,17H,3-9H2,1-2H3. The molecule has 3 saturated carbocycles. The molecule has 124 valence electrons. The number of carbonyl (C=O) groups excluding carboxylic acids is 3. The maximum atomic E-state index is 13.1. The Balaban J connectivity index is 1.63. The van der Waals surface area contributed by atoms with Crippen LogP contribution in [0.15, 0.2) is 11.1 Å². The maximum absolute atomic E-state index is 13.1. The lowest BCUT2D eigenvalue weighted by molar-refractivity contribution is -0.149. The molecule has 5 atom stereocenters. The number of hydrogen-bond donors (Lipinski definition) is 0. The average molecular weight is 316 g/mol. The number of ketones is 2. The van der Waals surface area contributed by atoms with Gasteiger partial charge in [-0.3, -0.25) is 14.4 Å². The highest BCUT2D eigenvalue weighted by atomic mass is 16.5. The molecule has 4 heteroatoms. The lowest BCUT2D eigenvalue weighted by atomic mass is 9.62. The molecule has 0 amide bonds. The molecular weight excluding hydrogens is 292 g/mol. The van der Waals surface area contributed by atoms with Gasteiger partial charge in [-0.25, -0.2) is 0 Å². The maximum Gasteiger partial charge on any atom is 0.302 e. The van der Waals surface area contributed by atoms with Gasteiger partial charge < -0.3 is 4.74 Å². The van der Waals surface area contributed by atoms with Crippen molar-refractivity contribution in [2.45, 2.75) is 64.9 Å². The fourth-order valence-corrected chi connectivity index (χ4v) is 5.72. The molecule has 3 fully saturated rings. The number of hydrogen-bond acceptors (Lipinski definition) is 4. The van der Waals surface area contributed by atoms with E-state index < -0.39 is 0 Å². The van der Waals surface area contributed by atoms with Crippen molar-refractivity contribution < 1.29 is 19.1 Å². The second-order valence-electron chi connectivity index (χ2n) is 7.97. The number of ether oxygens (including phenoxy) is 1. The van der Waals surface area contributed by atoms with Gasteiger partial charge >= 0.3 is 5.97 Å². The van der Waals surface area contributed by atoms with Crippen molar-refractivity contribution in [1.82, 2.24) is 0 Å². The summed E-state index contributed by atoms with van der Waals surface area (Å²) in [4.78, 5) is 36.6. The Morgan fingerprint density at radius 3 is 2.65 bits per heavy atom. The summed E-state index contributed by atoms with van der Waals surface area (Å²) in [5.41, 5.74) is 2.39. The first-order chi connectivity index (χ1) is 10.9. The molecule has 23 heavy (non-hydrogen) atoms. The molecule has 0 saturated heterocycles. The number of esters is 1. The van der Waals surface area contributed by atoms with E-state index in [0.29, 0.717) is 24.4 Å². The van der Waals surface area contributed by atoms with Crippen LogP contribution in [-0.2, 0) is 19.1 Å². The van der Waals surface area contributed by atoms with E-state index in [2.05, 4.69) is 6.92 Å². The lowest BCUT2D eigenvalue weighted by Crippen LogP contribution is -2.40. The normalized spacial score (nSPS) is 42.3. The van der Waals surface area contributed by atoms with E-state index in [4.69, 9.17) is 4.74 Å². The summed E-state index contributed by atoms with van der Waals surface area (Å²) in [6, 6.07) is 0. The Morgan fingerprint density at radius 1 is 1.13 bits per heavy atom. The predicted octanol–water partition coefficient (Wildman–Crippen LogP) is 2.99. The van der Waals surface area contributed by atoms with Crippen molar-refractivity contribution in [2.75, 3.05) is 0 Å². The van der Waals surface area contributed by atoms with Crippen LogP contribution in [0.3, 0.4) is 0 Å². The third kappa shape index (κ3) is 2.06. The SMILES string of the molecule is CC(=O)OC1CCC2=C3CCC4(C)C(=O)CCC4C3C(=O)C2C1. The van der Waals surface area contributed by atoms with Crippen LogP contribution in [0.25, 0.3) is 0 Å². The summed E-state index contributed by atoms with van der Waals surface area (Å²) < 4.78 is 5.36. The van der Waals surface area contributed by atoms with Gasteiger partial charge in [0.05, 0.1) is 0 Å². The van der Waals surface area contributed by atoms with Gasteiger partial charge in [0, 0.05) is 30.6 Å². The van der Waals surface area contributed by atoms with E-state index in [0.717, 1.165) is 32.1 Å². The first-order valence-electron chi connectivity index (χ1n) is 8.88. The third-order valence-electron chi connectivity index (χ3n) is 6.88. The molecule has 0 aromatic heterocycles. The smallest absolute Gasteiger partial charge is 0.302 e. The molecule has 4 rings (SSSR count). The Morgan fingerprint density at radius 2 is 1.91 bits per heavy atom. The average Bonchev–Trinajstić information content (AvgIpc) is 2.95. The van der Waals surface area contributed by atoms with E-state index in [-0.39, 0.29) is 35.2 Å². The molecule has 0 N–H and O–H groups in total. The van der Waals surface area contributed by atoms with Crippen LogP contribution in [0, 0.1) is 23.2 Å². The van der Waals surface area contributed by atoms with Crippen LogP contribution in [0.2, 0.25) is 0 Å². The fraction of sp³-hybridized carbons (Fsp3) is 0.737. The van der Waals surface area contributed by atoms with Crippen molar-refractivity contribution in [3.63, 3.8) is 0 Å². The van der Waals surface area contributed by atoms with E-state index in [1.54, 1.807) is 0 Å². The fourth-order valence-electron chi connectivity index (χ4n) is 5.72. The minimum Gasteiger partial charge on any atom is -0.463 e.